The molecule has 110 valence electrons. The van der Waals surface area contributed by atoms with E-state index in [1.54, 1.807) is 0 Å². The van der Waals surface area contributed by atoms with Gasteiger partial charge in [0, 0.05) is 31.4 Å². The highest BCUT2D eigenvalue weighted by molar-refractivity contribution is 5.40. The van der Waals surface area contributed by atoms with Crippen molar-refractivity contribution in [2.75, 3.05) is 19.8 Å². The van der Waals surface area contributed by atoms with E-state index in [1.165, 1.54) is 25.0 Å². The van der Waals surface area contributed by atoms with E-state index in [0.717, 1.165) is 25.0 Å². The molecule has 0 saturated heterocycles. The fourth-order valence-electron chi connectivity index (χ4n) is 1.93. The van der Waals surface area contributed by atoms with Gasteiger partial charge in [-0.25, -0.2) is 4.39 Å². The third-order valence-corrected chi connectivity index (χ3v) is 3.25. The van der Waals surface area contributed by atoms with Crippen molar-refractivity contribution in [3.63, 3.8) is 0 Å². The van der Waals surface area contributed by atoms with E-state index in [-0.39, 0.29) is 12.2 Å². The Bertz CT molecular complexity index is 464. The average molecular weight is 282 g/mol. The van der Waals surface area contributed by atoms with Crippen molar-refractivity contribution >= 4 is 5.69 Å². The van der Waals surface area contributed by atoms with E-state index in [2.05, 4.69) is 5.32 Å². The van der Waals surface area contributed by atoms with Crippen molar-refractivity contribution in [1.82, 2.24) is 5.32 Å². The molecule has 0 bridgehead atoms. The molecule has 0 spiro atoms. The van der Waals surface area contributed by atoms with Crippen molar-refractivity contribution in [2.45, 2.75) is 25.8 Å². The summed E-state index contributed by atoms with van der Waals surface area (Å²) < 4.78 is 18.6. The Kier molecular flexibility index (Phi) is 5.43. The maximum atomic E-state index is 13.1. The molecule has 1 saturated carbocycles. The molecule has 1 aliphatic rings. The number of nitrogens with zero attached hydrogens (tertiary/aromatic N) is 1. The lowest BCUT2D eigenvalue weighted by Crippen LogP contribution is -2.17. The van der Waals surface area contributed by atoms with Crippen molar-refractivity contribution in [1.29, 1.82) is 0 Å². The molecule has 20 heavy (non-hydrogen) atoms. The molecule has 1 aromatic carbocycles. The van der Waals surface area contributed by atoms with Crippen LogP contribution in [0, 0.1) is 21.8 Å². The van der Waals surface area contributed by atoms with Crippen molar-refractivity contribution in [3.8, 4) is 0 Å². The van der Waals surface area contributed by atoms with Crippen LogP contribution >= 0.6 is 0 Å². The van der Waals surface area contributed by atoms with Gasteiger partial charge in [0.25, 0.3) is 5.69 Å². The van der Waals surface area contributed by atoms with Crippen LogP contribution in [0.4, 0.5) is 10.1 Å². The zero-order valence-electron chi connectivity index (χ0n) is 11.3. The molecule has 0 heterocycles. The molecule has 0 aromatic heterocycles. The van der Waals surface area contributed by atoms with Gasteiger partial charge in [-0.15, -0.1) is 0 Å². The molecule has 1 fully saturated rings. The smallest absolute Gasteiger partial charge is 0.274 e. The first kappa shape index (κ1) is 14.9. The largest absolute Gasteiger partial charge is 0.381 e. The van der Waals surface area contributed by atoms with E-state index in [9.17, 15) is 14.5 Å². The Hall–Kier alpha value is -1.53. The summed E-state index contributed by atoms with van der Waals surface area (Å²) in [6.45, 7) is 2.51. The van der Waals surface area contributed by atoms with Crippen molar-refractivity contribution in [3.05, 3.63) is 39.7 Å². The van der Waals surface area contributed by atoms with Crippen LogP contribution < -0.4 is 5.32 Å². The van der Waals surface area contributed by atoms with Gasteiger partial charge in [-0.05, 0) is 43.9 Å². The molecule has 0 aliphatic heterocycles. The first-order valence-electron chi connectivity index (χ1n) is 6.88. The van der Waals surface area contributed by atoms with E-state index in [1.807, 2.05) is 0 Å². The maximum absolute atomic E-state index is 13.1. The zero-order valence-corrected chi connectivity index (χ0v) is 11.3. The highest BCUT2D eigenvalue weighted by atomic mass is 19.1. The van der Waals surface area contributed by atoms with E-state index in [0.29, 0.717) is 18.7 Å². The van der Waals surface area contributed by atoms with Crippen LogP contribution in [0.3, 0.4) is 0 Å². The number of nitro groups is 1. The second-order valence-electron chi connectivity index (χ2n) is 5.08. The molecule has 1 aliphatic carbocycles. The van der Waals surface area contributed by atoms with Gasteiger partial charge in [0.1, 0.15) is 5.82 Å². The average Bonchev–Trinajstić information content (AvgIpc) is 3.21. The number of nitro benzene ring substituents is 1. The first-order valence-corrected chi connectivity index (χ1v) is 6.88. The number of nitrogens with one attached hydrogen (secondary N) is 1. The minimum Gasteiger partial charge on any atom is -0.381 e. The summed E-state index contributed by atoms with van der Waals surface area (Å²) in [6.07, 6.45) is 3.40. The molecule has 5 nitrogen and oxygen atoms in total. The van der Waals surface area contributed by atoms with Crippen LogP contribution in [-0.2, 0) is 11.3 Å². The third-order valence-electron chi connectivity index (χ3n) is 3.25. The van der Waals surface area contributed by atoms with Gasteiger partial charge in [-0.3, -0.25) is 10.1 Å². The minimum atomic E-state index is -0.491. The molecule has 2 rings (SSSR count). The summed E-state index contributed by atoms with van der Waals surface area (Å²) in [5.41, 5.74) is 0.317. The van der Waals surface area contributed by atoms with Gasteiger partial charge >= 0.3 is 0 Å². The quantitative estimate of drug-likeness (QED) is 0.429. The van der Waals surface area contributed by atoms with E-state index in [4.69, 9.17) is 4.74 Å². The standard InChI is InChI=1S/C14H19FN2O3/c15-13-4-5-14(17(18)19)12(8-13)9-16-6-1-7-20-10-11-2-3-11/h4-5,8,11,16H,1-3,6-7,9-10H2. The summed E-state index contributed by atoms with van der Waals surface area (Å²) in [5, 5.41) is 13.9. The lowest BCUT2D eigenvalue weighted by Gasteiger charge is -2.06. The number of hydrogen-bond donors (Lipinski definition) is 1. The summed E-state index contributed by atoms with van der Waals surface area (Å²) in [5.74, 6) is 0.304. The fraction of sp³-hybridized carbons (Fsp3) is 0.571. The second-order valence-corrected chi connectivity index (χ2v) is 5.08. The molecular weight excluding hydrogens is 263 g/mol. The lowest BCUT2D eigenvalue weighted by molar-refractivity contribution is -0.385. The second kappa shape index (κ2) is 7.31. The van der Waals surface area contributed by atoms with Gasteiger partial charge in [-0.1, -0.05) is 0 Å². The summed E-state index contributed by atoms with van der Waals surface area (Å²) >= 11 is 0. The molecule has 0 unspecified atom stereocenters. The Morgan fingerprint density at radius 3 is 2.95 bits per heavy atom. The predicted molar refractivity (Wildman–Crippen MR) is 72.9 cm³/mol. The number of benzene rings is 1. The van der Waals surface area contributed by atoms with Crippen LogP contribution in [0.1, 0.15) is 24.8 Å². The Morgan fingerprint density at radius 2 is 2.25 bits per heavy atom. The molecule has 1 aromatic rings. The predicted octanol–water partition coefficient (Wildman–Crippen LogP) is 2.64. The number of halogens is 1. The van der Waals surface area contributed by atoms with Crippen LogP contribution in [0.2, 0.25) is 0 Å². The van der Waals surface area contributed by atoms with Crippen LogP contribution in [-0.4, -0.2) is 24.7 Å². The SMILES string of the molecule is O=[N+]([O-])c1ccc(F)cc1CNCCCOCC1CC1. The first-order chi connectivity index (χ1) is 9.66. The molecular formula is C14H19FN2O3. The Balaban J connectivity index is 1.67. The van der Waals surface area contributed by atoms with Crippen LogP contribution in [0.5, 0.6) is 0 Å². The molecule has 0 atom stereocenters. The highest BCUT2D eigenvalue weighted by Gasteiger charge is 2.20. The number of hydrogen-bond acceptors (Lipinski definition) is 4. The lowest BCUT2D eigenvalue weighted by atomic mass is 10.1. The molecule has 1 N–H and O–H groups in total. The normalized spacial score (nSPS) is 14.4. The summed E-state index contributed by atoms with van der Waals surface area (Å²) in [7, 11) is 0. The van der Waals surface area contributed by atoms with Gasteiger partial charge in [-0.2, -0.15) is 0 Å². The molecule has 6 heteroatoms. The summed E-state index contributed by atoms with van der Waals surface area (Å²) in [4.78, 5) is 10.3. The topological polar surface area (TPSA) is 64.4 Å². The van der Waals surface area contributed by atoms with Gasteiger partial charge < -0.3 is 10.1 Å². The zero-order chi connectivity index (χ0) is 14.4. The molecule has 0 amide bonds. The summed E-state index contributed by atoms with van der Waals surface area (Å²) in [6, 6.07) is 3.51. The van der Waals surface area contributed by atoms with Gasteiger partial charge in [0.2, 0.25) is 0 Å². The Morgan fingerprint density at radius 1 is 1.45 bits per heavy atom. The number of ether oxygens (including phenoxy) is 1. The third kappa shape index (κ3) is 4.86. The fourth-order valence-corrected chi connectivity index (χ4v) is 1.93. The minimum absolute atomic E-state index is 0.0520. The van der Waals surface area contributed by atoms with Gasteiger partial charge in [0.05, 0.1) is 4.92 Å². The monoisotopic (exact) mass is 282 g/mol. The Labute approximate surface area is 117 Å². The molecule has 0 radical (unpaired) electrons. The van der Waals surface area contributed by atoms with Crippen LogP contribution in [0.15, 0.2) is 18.2 Å². The maximum Gasteiger partial charge on any atom is 0.274 e. The van der Waals surface area contributed by atoms with Gasteiger partial charge in [0.15, 0.2) is 0 Å². The highest BCUT2D eigenvalue weighted by Crippen LogP contribution is 2.28. The van der Waals surface area contributed by atoms with Crippen LogP contribution in [0.25, 0.3) is 0 Å². The van der Waals surface area contributed by atoms with Crippen molar-refractivity contribution in [2.24, 2.45) is 5.92 Å². The van der Waals surface area contributed by atoms with Crippen molar-refractivity contribution < 1.29 is 14.1 Å². The van der Waals surface area contributed by atoms with E-state index < -0.39 is 10.7 Å². The van der Waals surface area contributed by atoms with E-state index >= 15 is 0 Å². The number of rotatable bonds is 9.